The average molecular weight is 458 g/mol. The van der Waals surface area contributed by atoms with E-state index in [0.29, 0.717) is 12.5 Å². The molecule has 2 nitrogen and oxygen atoms in total. The maximum absolute atomic E-state index is 11.8. The Labute approximate surface area is 168 Å². The molecule has 3 heteroatoms. The molecule has 0 bridgehead atoms. The average Bonchev–Trinajstić information content (AvgIpc) is 3.03. The zero-order chi connectivity index (χ0) is 18.6. The number of carbonyl (C=O) groups excluding carboxylic acids is 1. The minimum absolute atomic E-state index is 0.126. The van der Waals surface area contributed by atoms with Gasteiger partial charge in [-0.15, -0.1) is 0 Å². The predicted molar refractivity (Wildman–Crippen MR) is 113 cm³/mol. The highest BCUT2D eigenvalue weighted by atomic mass is 127. The van der Waals surface area contributed by atoms with Gasteiger partial charge in [0.1, 0.15) is 6.61 Å². The van der Waals surface area contributed by atoms with E-state index in [9.17, 15) is 4.79 Å². The lowest BCUT2D eigenvalue weighted by atomic mass is 9.78. The number of rotatable bonds is 6. The standard InChI is InChI=1S/C22H35IO2/c1-6-16-13-18-14-17(10-11-23)19(20(18)15(16)2)9-7-8-12-25-21(24)22(3,4)5/h7-8,10-11,15-20H,6,9,12-14H2,1-5H3/b8-7+,11-10-/t15-,16+,17+,18+,19+,20+/m0/s1. The van der Waals surface area contributed by atoms with Crippen molar-refractivity contribution in [2.75, 3.05) is 6.61 Å². The third-order valence-corrected chi connectivity index (χ3v) is 6.88. The molecule has 0 unspecified atom stereocenters. The van der Waals surface area contributed by atoms with E-state index in [-0.39, 0.29) is 5.97 Å². The van der Waals surface area contributed by atoms with Gasteiger partial charge in [-0.25, -0.2) is 0 Å². The van der Waals surface area contributed by atoms with Gasteiger partial charge < -0.3 is 4.74 Å². The summed E-state index contributed by atoms with van der Waals surface area (Å²) in [6.07, 6.45) is 11.9. The van der Waals surface area contributed by atoms with Gasteiger partial charge in [-0.2, -0.15) is 0 Å². The second-order valence-corrected chi connectivity index (χ2v) is 9.76. The first-order valence-corrected chi connectivity index (χ1v) is 11.1. The molecule has 0 amide bonds. The van der Waals surface area contributed by atoms with Crippen molar-refractivity contribution in [2.24, 2.45) is 40.9 Å². The summed E-state index contributed by atoms with van der Waals surface area (Å²) in [5.41, 5.74) is -0.420. The van der Waals surface area contributed by atoms with Gasteiger partial charge in [0.05, 0.1) is 5.41 Å². The van der Waals surface area contributed by atoms with Crippen LogP contribution in [-0.2, 0) is 9.53 Å². The van der Waals surface area contributed by atoms with Crippen LogP contribution in [0.4, 0.5) is 0 Å². The van der Waals surface area contributed by atoms with Crippen molar-refractivity contribution in [2.45, 2.75) is 60.3 Å². The van der Waals surface area contributed by atoms with Crippen molar-refractivity contribution >= 4 is 28.6 Å². The first kappa shape index (κ1) is 21.0. The lowest BCUT2D eigenvalue weighted by Gasteiger charge is -2.27. The molecule has 0 heterocycles. The molecule has 142 valence electrons. The van der Waals surface area contributed by atoms with Gasteiger partial charge in [-0.05, 0) is 79.6 Å². The molecule has 0 aliphatic heterocycles. The van der Waals surface area contributed by atoms with Gasteiger partial charge in [0, 0.05) is 0 Å². The summed E-state index contributed by atoms with van der Waals surface area (Å²) in [6, 6.07) is 0. The van der Waals surface area contributed by atoms with Gasteiger partial charge in [-0.1, -0.05) is 61.1 Å². The normalized spacial score (nSPS) is 35.6. The second kappa shape index (κ2) is 9.05. The minimum atomic E-state index is -0.420. The third-order valence-electron chi connectivity index (χ3n) is 6.46. The lowest BCUT2D eigenvalue weighted by molar-refractivity contribution is -0.151. The summed E-state index contributed by atoms with van der Waals surface area (Å²) in [7, 11) is 0. The van der Waals surface area contributed by atoms with E-state index in [1.54, 1.807) is 0 Å². The molecule has 2 aliphatic rings. The molecule has 0 aromatic carbocycles. The molecule has 2 saturated carbocycles. The van der Waals surface area contributed by atoms with Crippen molar-refractivity contribution in [3.05, 3.63) is 22.3 Å². The summed E-state index contributed by atoms with van der Waals surface area (Å²) in [4.78, 5) is 11.8. The van der Waals surface area contributed by atoms with E-state index in [2.05, 4.69) is 52.7 Å². The molecule has 2 fully saturated rings. The molecule has 0 radical (unpaired) electrons. The number of halogens is 1. The van der Waals surface area contributed by atoms with Crippen LogP contribution < -0.4 is 0 Å². The maximum atomic E-state index is 11.8. The van der Waals surface area contributed by atoms with Crippen LogP contribution in [0.15, 0.2) is 22.3 Å². The summed E-state index contributed by atoms with van der Waals surface area (Å²) in [6.45, 7) is 10.9. The molecule has 2 rings (SSSR count). The van der Waals surface area contributed by atoms with Crippen LogP contribution in [0.2, 0.25) is 0 Å². The first-order chi connectivity index (χ1) is 11.8. The van der Waals surface area contributed by atoms with E-state index >= 15 is 0 Å². The van der Waals surface area contributed by atoms with Gasteiger partial charge in [0.25, 0.3) is 0 Å². The zero-order valence-corrected chi connectivity index (χ0v) is 18.7. The Kier molecular flexibility index (Phi) is 7.60. The highest BCUT2D eigenvalue weighted by Crippen LogP contribution is 2.57. The Hall–Kier alpha value is -0.320. The summed E-state index contributed by atoms with van der Waals surface area (Å²) < 4.78 is 7.55. The SMILES string of the molecule is CC[C@@H]1C[C@@H]2C[C@@H](/C=C\I)[C@@H](C/C=C/COC(=O)C(C)(C)C)[C@@H]2[C@H]1C. The highest BCUT2D eigenvalue weighted by Gasteiger charge is 2.50. The molecule has 0 aromatic heterocycles. The first-order valence-electron chi connectivity index (χ1n) is 9.88. The number of hydrogen-bond donors (Lipinski definition) is 0. The van der Waals surface area contributed by atoms with Gasteiger partial charge in [0.15, 0.2) is 0 Å². The van der Waals surface area contributed by atoms with Gasteiger partial charge in [0.2, 0.25) is 0 Å². The smallest absolute Gasteiger partial charge is 0.311 e. The van der Waals surface area contributed by atoms with Crippen molar-refractivity contribution < 1.29 is 9.53 Å². The van der Waals surface area contributed by atoms with Crippen LogP contribution in [0.3, 0.4) is 0 Å². The van der Waals surface area contributed by atoms with Gasteiger partial charge in [-0.3, -0.25) is 4.79 Å². The maximum Gasteiger partial charge on any atom is 0.311 e. The van der Waals surface area contributed by atoms with Crippen molar-refractivity contribution in [1.29, 1.82) is 0 Å². The highest BCUT2D eigenvalue weighted by molar-refractivity contribution is 14.1. The largest absolute Gasteiger partial charge is 0.461 e. The predicted octanol–water partition coefficient (Wildman–Crippen LogP) is 6.41. The van der Waals surface area contributed by atoms with Crippen LogP contribution in [-0.4, -0.2) is 12.6 Å². The second-order valence-electron chi connectivity index (χ2n) is 9.04. The molecule has 25 heavy (non-hydrogen) atoms. The summed E-state index contributed by atoms with van der Waals surface area (Å²) in [5, 5.41) is 0. The fourth-order valence-corrected chi connectivity index (χ4v) is 5.69. The van der Waals surface area contributed by atoms with Crippen LogP contribution in [0.5, 0.6) is 0 Å². The Bertz CT molecular complexity index is 503. The molecule has 2 aliphatic carbocycles. The molecule has 0 spiro atoms. The zero-order valence-electron chi connectivity index (χ0n) is 16.5. The fourth-order valence-electron chi connectivity index (χ4n) is 5.15. The van der Waals surface area contributed by atoms with E-state index in [1.165, 1.54) is 19.3 Å². The van der Waals surface area contributed by atoms with E-state index in [0.717, 1.165) is 36.0 Å². The minimum Gasteiger partial charge on any atom is -0.461 e. The lowest BCUT2D eigenvalue weighted by Crippen LogP contribution is -2.23. The molecule has 0 saturated heterocycles. The van der Waals surface area contributed by atoms with E-state index < -0.39 is 5.41 Å². The topological polar surface area (TPSA) is 26.3 Å². The fraction of sp³-hybridized carbons (Fsp3) is 0.773. The Morgan fingerprint density at radius 3 is 2.56 bits per heavy atom. The van der Waals surface area contributed by atoms with Crippen LogP contribution in [0, 0.1) is 40.9 Å². The molecule has 0 aromatic rings. The van der Waals surface area contributed by atoms with Crippen LogP contribution >= 0.6 is 22.6 Å². The molecular formula is C22H35IO2. The van der Waals surface area contributed by atoms with Crippen LogP contribution in [0.1, 0.15) is 60.3 Å². The Morgan fingerprint density at radius 1 is 1.24 bits per heavy atom. The van der Waals surface area contributed by atoms with Crippen molar-refractivity contribution in [3.8, 4) is 0 Å². The number of esters is 1. The van der Waals surface area contributed by atoms with E-state index in [1.807, 2.05) is 26.8 Å². The van der Waals surface area contributed by atoms with Crippen LogP contribution in [0.25, 0.3) is 0 Å². The number of ether oxygens (including phenoxy) is 1. The number of fused-ring (bicyclic) bond motifs is 1. The molecule has 0 N–H and O–H groups in total. The molecular weight excluding hydrogens is 423 g/mol. The Balaban J connectivity index is 1.93. The summed E-state index contributed by atoms with van der Waals surface area (Å²) in [5.74, 6) is 4.88. The monoisotopic (exact) mass is 458 g/mol. The van der Waals surface area contributed by atoms with Crippen molar-refractivity contribution in [1.82, 2.24) is 0 Å². The number of allylic oxidation sites excluding steroid dienone is 2. The Morgan fingerprint density at radius 2 is 1.96 bits per heavy atom. The van der Waals surface area contributed by atoms with E-state index in [4.69, 9.17) is 4.74 Å². The molecule has 6 atom stereocenters. The quantitative estimate of drug-likeness (QED) is 0.261. The van der Waals surface area contributed by atoms with Crippen molar-refractivity contribution in [3.63, 3.8) is 0 Å². The van der Waals surface area contributed by atoms with Gasteiger partial charge >= 0.3 is 5.97 Å². The number of carbonyl (C=O) groups is 1. The number of hydrogen-bond acceptors (Lipinski definition) is 2. The summed E-state index contributed by atoms with van der Waals surface area (Å²) >= 11 is 2.36. The third kappa shape index (κ3) is 5.11.